The molecular weight excluding hydrogens is 459 g/mol. The highest BCUT2D eigenvalue weighted by Crippen LogP contribution is 2.36. The number of nitrogens with two attached hydrogens (primary N) is 1. The number of rotatable bonds is 6. The molecule has 2 aliphatic rings. The van der Waals surface area contributed by atoms with Crippen molar-refractivity contribution in [2.24, 2.45) is 0 Å². The number of hydrogen-bond donors (Lipinski definition) is 3. The molecule has 0 radical (unpaired) electrons. The van der Waals surface area contributed by atoms with E-state index in [-0.39, 0.29) is 11.7 Å². The lowest BCUT2D eigenvalue weighted by molar-refractivity contribution is -0.0296. The van der Waals surface area contributed by atoms with Gasteiger partial charge in [0.15, 0.2) is 0 Å². The van der Waals surface area contributed by atoms with Crippen molar-refractivity contribution < 1.29 is 19.0 Å². The van der Waals surface area contributed by atoms with Crippen LogP contribution in [0.5, 0.6) is 0 Å². The number of benzene rings is 2. The summed E-state index contributed by atoms with van der Waals surface area (Å²) in [6.45, 7) is 3.71. The SMILES string of the molecule is COCCN1CCC(O)(c2ccc(-c3cc(-c4ccc5c(c4)CCNC5=O)c(N)nc3F)cc2)CC1. The van der Waals surface area contributed by atoms with Crippen LogP contribution in [0.1, 0.15) is 34.3 Å². The van der Waals surface area contributed by atoms with Crippen molar-refractivity contribution in [1.29, 1.82) is 0 Å². The molecule has 3 aromatic rings. The van der Waals surface area contributed by atoms with Crippen molar-refractivity contribution in [1.82, 2.24) is 15.2 Å². The van der Waals surface area contributed by atoms with Gasteiger partial charge in [-0.15, -0.1) is 0 Å². The quantitative estimate of drug-likeness (QED) is 0.458. The third-order valence-corrected chi connectivity index (χ3v) is 7.37. The standard InChI is InChI=1S/C28H31FN4O3/c1-36-15-14-33-12-9-28(35,10-13-33)21-5-2-18(3-6-21)23-17-24(26(30)32-25(23)29)19-4-7-22-20(16-19)8-11-31-27(22)34/h2-7,16-17,35H,8-15H2,1H3,(H2,30,32)(H,31,34). The van der Waals surface area contributed by atoms with E-state index in [9.17, 15) is 14.3 Å². The smallest absolute Gasteiger partial charge is 0.251 e. The predicted molar refractivity (Wildman–Crippen MR) is 137 cm³/mol. The fourth-order valence-corrected chi connectivity index (χ4v) is 5.15. The minimum atomic E-state index is -0.902. The van der Waals surface area contributed by atoms with Gasteiger partial charge in [-0.1, -0.05) is 36.4 Å². The number of anilines is 1. The highest BCUT2D eigenvalue weighted by molar-refractivity contribution is 5.97. The molecule has 188 valence electrons. The van der Waals surface area contributed by atoms with Crippen LogP contribution < -0.4 is 11.1 Å². The van der Waals surface area contributed by atoms with Crippen LogP contribution in [0.2, 0.25) is 0 Å². The molecule has 0 unspecified atom stereocenters. The average Bonchev–Trinajstić information content (AvgIpc) is 2.89. The number of piperidine rings is 1. The number of nitrogens with zero attached hydrogens (tertiary/aromatic N) is 2. The van der Waals surface area contributed by atoms with Crippen molar-refractivity contribution in [3.05, 3.63) is 71.2 Å². The summed E-state index contributed by atoms with van der Waals surface area (Å²) >= 11 is 0. The van der Waals surface area contributed by atoms with Gasteiger partial charge in [-0.2, -0.15) is 4.39 Å². The summed E-state index contributed by atoms with van der Waals surface area (Å²) in [4.78, 5) is 18.4. The van der Waals surface area contributed by atoms with E-state index in [4.69, 9.17) is 10.5 Å². The molecular formula is C28H31FN4O3. The van der Waals surface area contributed by atoms with Crippen LogP contribution in [-0.2, 0) is 16.8 Å². The van der Waals surface area contributed by atoms with Crippen LogP contribution in [0.15, 0.2) is 48.5 Å². The lowest BCUT2D eigenvalue weighted by Gasteiger charge is -2.38. The normalized spacial score (nSPS) is 17.5. The summed E-state index contributed by atoms with van der Waals surface area (Å²) in [5.41, 5.74) is 10.0. The molecule has 2 aromatic carbocycles. The van der Waals surface area contributed by atoms with Crippen LogP contribution in [-0.4, -0.2) is 60.8 Å². The second-order valence-corrected chi connectivity index (χ2v) is 9.58. The zero-order chi connectivity index (χ0) is 25.3. The Kier molecular flexibility index (Phi) is 6.75. The molecule has 1 aromatic heterocycles. The summed E-state index contributed by atoms with van der Waals surface area (Å²) < 4.78 is 20.1. The monoisotopic (exact) mass is 490 g/mol. The van der Waals surface area contributed by atoms with E-state index in [1.54, 1.807) is 19.2 Å². The number of aromatic nitrogens is 1. The number of amides is 1. The number of nitrogen functional groups attached to an aromatic ring is 1. The molecule has 1 saturated heterocycles. The first-order chi connectivity index (χ1) is 17.4. The topological polar surface area (TPSA) is 101 Å². The predicted octanol–water partition coefficient (Wildman–Crippen LogP) is 3.35. The van der Waals surface area contributed by atoms with Crippen molar-refractivity contribution in [2.45, 2.75) is 24.9 Å². The number of ether oxygens (including phenoxy) is 1. The molecule has 5 rings (SSSR count). The van der Waals surface area contributed by atoms with Crippen LogP contribution in [0.25, 0.3) is 22.3 Å². The van der Waals surface area contributed by atoms with Gasteiger partial charge in [0.1, 0.15) is 5.82 Å². The largest absolute Gasteiger partial charge is 0.385 e. The average molecular weight is 491 g/mol. The first-order valence-electron chi connectivity index (χ1n) is 12.3. The maximum Gasteiger partial charge on any atom is 0.251 e. The zero-order valence-corrected chi connectivity index (χ0v) is 20.4. The molecule has 1 amide bonds. The van der Waals surface area contributed by atoms with Gasteiger partial charge in [0.2, 0.25) is 5.95 Å². The molecule has 8 heteroatoms. The van der Waals surface area contributed by atoms with Crippen LogP contribution in [0.4, 0.5) is 10.2 Å². The molecule has 36 heavy (non-hydrogen) atoms. The van der Waals surface area contributed by atoms with E-state index in [1.165, 1.54) is 0 Å². The number of carbonyl (C=O) groups excluding carboxylic acids is 1. The van der Waals surface area contributed by atoms with E-state index < -0.39 is 11.5 Å². The second kappa shape index (κ2) is 9.97. The molecule has 1 fully saturated rings. The van der Waals surface area contributed by atoms with Gasteiger partial charge in [-0.25, -0.2) is 4.98 Å². The van der Waals surface area contributed by atoms with Gasteiger partial charge in [0.05, 0.1) is 12.2 Å². The molecule has 4 N–H and O–H groups in total. The maximum absolute atomic E-state index is 14.9. The summed E-state index contributed by atoms with van der Waals surface area (Å²) in [5.74, 6) is -0.634. The Morgan fingerprint density at radius 1 is 1.08 bits per heavy atom. The Labute approximate surface area is 210 Å². The molecule has 7 nitrogen and oxygen atoms in total. The molecule has 0 aliphatic carbocycles. The number of carbonyl (C=O) groups is 1. The zero-order valence-electron chi connectivity index (χ0n) is 20.4. The van der Waals surface area contributed by atoms with Gasteiger partial charge in [0, 0.05) is 50.0 Å². The Morgan fingerprint density at radius 2 is 1.81 bits per heavy atom. The van der Waals surface area contributed by atoms with Gasteiger partial charge in [-0.05, 0) is 53.6 Å². The van der Waals surface area contributed by atoms with E-state index >= 15 is 0 Å². The fraction of sp³-hybridized carbons (Fsp3) is 0.357. The number of nitrogens with one attached hydrogen (secondary N) is 1. The number of halogens is 1. The lowest BCUT2D eigenvalue weighted by atomic mass is 9.84. The van der Waals surface area contributed by atoms with Crippen molar-refractivity contribution in [2.75, 3.05) is 45.6 Å². The van der Waals surface area contributed by atoms with E-state index in [0.717, 1.165) is 42.7 Å². The summed E-state index contributed by atoms with van der Waals surface area (Å²) in [7, 11) is 1.69. The van der Waals surface area contributed by atoms with Crippen LogP contribution in [0.3, 0.4) is 0 Å². The summed E-state index contributed by atoms with van der Waals surface area (Å²) in [5, 5.41) is 14.1. The van der Waals surface area contributed by atoms with E-state index in [1.807, 2.05) is 36.4 Å². The Balaban J connectivity index is 1.40. The molecule has 0 bridgehead atoms. The minimum absolute atomic E-state index is 0.0870. The number of aliphatic hydroxyl groups is 1. The van der Waals surface area contributed by atoms with Gasteiger partial charge in [0.25, 0.3) is 5.91 Å². The molecule has 0 atom stereocenters. The number of fused-ring (bicyclic) bond motifs is 1. The highest BCUT2D eigenvalue weighted by atomic mass is 19.1. The van der Waals surface area contributed by atoms with E-state index in [2.05, 4.69) is 15.2 Å². The van der Waals surface area contributed by atoms with Gasteiger partial charge >= 0.3 is 0 Å². The Morgan fingerprint density at radius 3 is 2.53 bits per heavy atom. The van der Waals surface area contributed by atoms with Crippen LogP contribution in [0, 0.1) is 5.95 Å². The Bertz CT molecular complexity index is 1270. The van der Waals surface area contributed by atoms with E-state index in [0.29, 0.717) is 48.2 Å². The molecule has 0 spiro atoms. The van der Waals surface area contributed by atoms with Crippen molar-refractivity contribution >= 4 is 11.7 Å². The van der Waals surface area contributed by atoms with Gasteiger partial charge in [-0.3, -0.25) is 4.79 Å². The molecule has 2 aliphatic heterocycles. The van der Waals surface area contributed by atoms with Gasteiger partial charge < -0.3 is 25.8 Å². The second-order valence-electron chi connectivity index (χ2n) is 9.58. The van der Waals surface area contributed by atoms with Crippen molar-refractivity contribution in [3.8, 4) is 22.3 Å². The number of methoxy groups -OCH3 is 1. The summed E-state index contributed by atoms with van der Waals surface area (Å²) in [6.07, 6.45) is 1.99. The first-order valence-corrected chi connectivity index (χ1v) is 12.3. The Hall–Kier alpha value is -3.33. The molecule has 0 saturated carbocycles. The fourth-order valence-electron chi connectivity index (χ4n) is 5.15. The minimum Gasteiger partial charge on any atom is -0.385 e. The lowest BCUT2D eigenvalue weighted by Crippen LogP contribution is -2.43. The van der Waals surface area contributed by atoms with Crippen LogP contribution >= 0.6 is 0 Å². The maximum atomic E-state index is 14.9. The first kappa shape index (κ1) is 24.4. The van der Waals surface area contributed by atoms with Crippen molar-refractivity contribution in [3.63, 3.8) is 0 Å². The number of likely N-dealkylation sites (tertiary alicyclic amines) is 1. The molecule has 3 heterocycles. The summed E-state index contributed by atoms with van der Waals surface area (Å²) in [6, 6.07) is 14.6. The third-order valence-electron chi connectivity index (χ3n) is 7.37. The third kappa shape index (κ3) is 4.72. The highest BCUT2D eigenvalue weighted by Gasteiger charge is 2.33. The number of hydrogen-bond acceptors (Lipinski definition) is 6. The number of pyridine rings is 1.